The predicted octanol–water partition coefficient (Wildman–Crippen LogP) is 7.85. The molecule has 0 atom stereocenters. The summed E-state index contributed by atoms with van der Waals surface area (Å²) in [5.41, 5.74) is 0.610. The van der Waals surface area contributed by atoms with E-state index in [0.717, 1.165) is 24.3 Å². The van der Waals surface area contributed by atoms with Crippen LogP contribution in [0.2, 0.25) is 0 Å². The SMILES string of the molecule is N#C/C(=C\c1ccc(C(F)(F)F)cc1)c1ccc(/C(C#N)=C\c2ccc(C(F)(F)F)cc2)cc1. The minimum absolute atomic E-state index is 0.205. The Bertz CT molecular complexity index is 1190. The van der Waals surface area contributed by atoms with Crippen molar-refractivity contribution in [1.29, 1.82) is 10.5 Å². The molecule has 0 radical (unpaired) electrons. The highest BCUT2D eigenvalue weighted by Crippen LogP contribution is 2.31. The normalized spacial score (nSPS) is 12.7. The van der Waals surface area contributed by atoms with Crippen LogP contribution in [-0.2, 0) is 12.4 Å². The molecule has 0 bridgehead atoms. The van der Waals surface area contributed by atoms with Crippen LogP contribution in [0, 0.1) is 22.7 Å². The number of halogens is 6. The van der Waals surface area contributed by atoms with Crippen LogP contribution in [-0.4, -0.2) is 0 Å². The van der Waals surface area contributed by atoms with E-state index in [4.69, 9.17) is 0 Å². The van der Waals surface area contributed by atoms with Crippen LogP contribution in [0.5, 0.6) is 0 Å². The van der Waals surface area contributed by atoms with Crippen LogP contribution >= 0.6 is 0 Å². The van der Waals surface area contributed by atoms with E-state index in [1.807, 2.05) is 12.1 Å². The summed E-state index contributed by atoms with van der Waals surface area (Å²) in [6.45, 7) is 0. The van der Waals surface area contributed by atoms with Gasteiger partial charge in [0.25, 0.3) is 0 Å². The van der Waals surface area contributed by atoms with Gasteiger partial charge < -0.3 is 0 Å². The van der Waals surface area contributed by atoms with Crippen molar-refractivity contribution in [3.05, 3.63) is 106 Å². The molecule has 0 aliphatic rings. The molecule has 0 aliphatic heterocycles. The third-order valence-electron chi connectivity index (χ3n) is 4.85. The van der Waals surface area contributed by atoms with Crippen LogP contribution in [0.3, 0.4) is 0 Å². The number of hydrogen-bond donors (Lipinski definition) is 0. The summed E-state index contributed by atoms with van der Waals surface area (Å²) >= 11 is 0. The smallest absolute Gasteiger partial charge is 0.192 e. The number of allylic oxidation sites excluding steroid dienone is 2. The van der Waals surface area contributed by atoms with Gasteiger partial charge in [-0.05, 0) is 58.7 Å². The van der Waals surface area contributed by atoms with Gasteiger partial charge >= 0.3 is 12.4 Å². The number of rotatable bonds is 4. The Kier molecular flexibility index (Phi) is 6.93. The van der Waals surface area contributed by atoms with Gasteiger partial charge in [-0.15, -0.1) is 0 Å². The Morgan fingerprint density at radius 2 is 0.824 bits per heavy atom. The molecular weight excluding hydrogens is 454 g/mol. The molecule has 3 aromatic carbocycles. The predicted molar refractivity (Wildman–Crippen MR) is 116 cm³/mol. The summed E-state index contributed by atoms with van der Waals surface area (Å²) in [6.07, 6.45) is -6.03. The number of benzene rings is 3. The Morgan fingerprint density at radius 1 is 0.529 bits per heavy atom. The highest BCUT2D eigenvalue weighted by atomic mass is 19.4. The average molecular weight is 468 g/mol. The standard InChI is InChI=1S/C26H14F6N2/c27-25(28,29)23-9-1-17(2-10-23)13-21(15-33)19-5-7-20(8-6-19)22(16-34)14-18-3-11-24(12-4-18)26(30,31)32/h1-14H/b21-13-,22-14+. The fraction of sp³-hybridized carbons (Fsp3) is 0.0769. The highest BCUT2D eigenvalue weighted by molar-refractivity contribution is 5.92. The number of hydrogen-bond acceptors (Lipinski definition) is 2. The first-order valence-corrected chi connectivity index (χ1v) is 9.70. The summed E-state index contributed by atoms with van der Waals surface area (Å²) in [5, 5.41) is 19.0. The van der Waals surface area contributed by atoms with E-state index in [-0.39, 0.29) is 11.1 Å². The van der Waals surface area contributed by atoms with Crippen molar-refractivity contribution < 1.29 is 26.3 Å². The molecule has 0 aromatic heterocycles. The maximum atomic E-state index is 12.7. The lowest BCUT2D eigenvalue weighted by atomic mass is 9.98. The van der Waals surface area contributed by atoms with Crippen molar-refractivity contribution in [2.75, 3.05) is 0 Å². The van der Waals surface area contributed by atoms with E-state index in [1.54, 1.807) is 24.3 Å². The van der Waals surface area contributed by atoms with Gasteiger partial charge in [0.1, 0.15) is 0 Å². The van der Waals surface area contributed by atoms with Crippen molar-refractivity contribution in [2.24, 2.45) is 0 Å². The van der Waals surface area contributed by atoms with Crippen LogP contribution in [0.1, 0.15) is 33.4 Å². The summed E-state index contributed by atoms with van der Waals surface area (Å²) < 4.78 is 76.2. The molecular formula is C26H14F6N2. The lowest BCUT2D eigenvalue weighted by Gasteiger charge is -2.07. The van der Waals surface area contributed by atoms with Gasteiger partial charge in [-0.3, -0.25) is 0 Å². The second kappa shape index (κ2) is 9.68. The van der Waals surface area contributed by atoms with Crippen LogP contribution in [0.25, 0.3) is 23.3 Å². The van der Waals surface area contributed by atoms with E-state index in [9.17, 15) is 36.9 Å². The largest absolute Gasteiger partial charge is 0.416 e. The summed E-state index contributed by atoms with van der Waals surface area (Å²) in [5.74, 6) is 0. The van der Waals surface area contributed by atoms with E-state index in [0.29, 0.717) is 22.3 Å². The summed E-state index contributed by atoms with van der Waals surface area (Å²) in [4.78, 5) is 0. The second-order valence-corrected chi connectivity index (χ2v) is 7.16. The van der Waals surface area contributed by atoms with Crippen LogP contribution in [0.4, 0.5) is 26.3 Å². The molecule has 34 heavy (non-hydrogen) atoms. The molecule has 0 saturated heterocycles. The molecule has 0 aliphatic carbocycles. The van der Waals surface area contributed by atoms with Crippen molar-refractivity contribution in [2.45, 2.75) is 12.4 Å². The van der Waals surface area contributed by atoms with Crippen molar-refractivity contribution in [3.8, 4) is 12.1 Å². The first kappa shape index (κ1) is 24.3. The lowest BCUT2D eigenvalue weighted by molar-refractivity contribution is -0.138. The topological polar surface area (TPSA) is 47.6 Å². The molecule has 170 valence electrons. The average Bonchev–Trinajstić information content (AvgIpc) is 2.80. The summed E-state index contributed by atoms with van der Waals surface area (Å²) in [7, 11) is 0. The molecule has 0 saturated carbocycles. The fourth-order valence-electron chi connectivity index (χ4n) is 3.06. The molecule has 0 N–H and O–H groups in total. The van der Waals surface area contributed by atoms with Crippen molar-refractivity contribution in [1.82, 2.24) is 0 Å². The Balaban J connectivity index is 1.84. The highest BCUT2D eigenvalue weighted by Gasteiger charge is 2.30. The zero-order chi connectivity index (χ0) is 24.9. The Morgan fingerprint density at radius 3 is 1.06 bits per heavy atom. The third kappa shape index (κ3) is 5.93. The van der Waals surface area contributed by atoms with Gasteiger partial charge in [0.15, 0.2) is 0 Å². The molecule has 3 rings (SSSR count). The van der Waals surface area contributed by atoms with Gasteiger partial charge in [0, 0.05) is 0 Å². The molecule has 0 amide bonds. The minimum Gasteiger partial charge on any atom is -0.192 e. The van der Waals surface area contributed by atoms with E-state index in [2.05, 4.69) is 0 Å². The molecule has 0 unspecified atom stereocenters. The molecule has 2 nitrogen and oxygen atoms in total. The Hall–Kier alpha value is -4.30. The second-order valence-electron chi connectivity index (χ2n) is 7.16. The zero-order valence-corrected chi connectivity index (χ0v) is 17.2. The lowest BCUT2D eigenvalue weighted by Crippen LogP contribution is -2.04. The van der Waals surface area contributed by atoms with Gasteiger partial charge in [-0.1, -0.05) is 48.5 Å². The van der Waals surface area contributed by atoms with Gasteiger partial charge in [-0.25, -0.2) is 0 Å². The Labute approximate surface area is 191 Å². The summed E-state index contributed by atoms with van der Waals surface area (Å²) in [6, 6.07) is 19.0. The monoisotopic (exact) mass is 468 g/mol. The first-order chi connectivity index (χ1) is 16.0. The zero-order valence-electron chi connectivity index (χ0n) is 17.2. The van der Waals surface area contributed by atoms with E-state index < -0.39 is 23.5 Å². The van der Waals surface area contributed by atoms with E-state index in [1.165, 1.54) is 36.4 Å². The maximum absolute atomic E-state index is 12.7. The number of alkyl halides is 6. The van der Waals surface area contributed by atoms with Gasteiger partial charge in [0.2, 0.25) is 0 Å². The van der Waals surface area contributed by atoms with Crippen molar-refractivity contribution >= 4 is 23.3 Å². The van der Waals surface area contributed by atoms with E-state index >= 15 is 0 Å². The molecule has 3 aromatic rings. The van der Waals surface area contributed by atoms with Gasteiger partial charge in [-0.2, -0.15) is 36.9 Å². The maximum Gasteiger partial charge on any atom is 0.416 e. The first-order valence-electron chi connectivity index (χ1n) is 9.70. The molecule has 0 fully saturated rings. The fourth-order valence-corrected chi connectivity index (χ4v) is 3.06. The minimum atomic E-state index is -4.46. The van der Waals surface area contributed by atoms with Gasteiger partial charge in [0.05, 0.1) is 34.4 Å². The number of nitriles is 2. The third-order valence-corrected chi connectivity index (χ3v) is 4.85. The van der Waals surface area contributed by atoms with Crippen molar-refractivity contribution in [3.63, 3.8) is 0 Å². The van der Waals surface area contributed by atoms with Crippen LogP contribution in [0.15, 0.2) is 72.8 Å². The van der Waals surface area contributed by atoms with Crippen LogP contribution < -0.4 is 0 Å². The molecule has 8 heteroatoms. The molecule has 0 heterocycles. The quantitative estimate of drug-likeness (QED) is 0.222. The molecule has 0 spiro atoms. The number of nitrogens with zero attached hydrogens (tertiary/aromatic N) is 2.